The number of hydrogen-bond donors (Lipinski definition) is 2. The topological polar surface area (TPSA) is 70.4 Å². The fourth-order valence-corrected chi connectivity index (χ4v) is 4.01. The minimum Gasteiger partial charge on any atom is -0.359 e. The molecular formula is C18H26N4O2S. The average Bonchev–Trinajstić information content (AvgIpc) is 3.27. The summed E-state index contributed by atoms with van der Waals surface area (Å²) in [6, 6.07) is 6.12. The number of nitrogens with zero attached hydrogens (tertiary/aromatic N) is 2. The predicted molar refractivity (Wildman–Crippen MR) is 98.5 cm³/mol. The number of hydrogen-bond acceptors (Lipinski definition) is 5. The number of likely N-dealkylation sites (tertiary alicyclic amines) is 1. The summed E-state index contributed by atoms with van der Waals surface area (Å²) in [5.74, 6) is 1.45. The second-order valence-electron chi connectivity index (χ2n) is 6.75. The highest BCUT2D eigenvalue weighted by molar-refractivity contribution is 7.10. The number of rotatable bonds is 6. The Labute approximate surface area is 152 Å². The monoisotopic (exact) mass is 362 g/mol. The number of carbonyl (C=O) groups is 1. The van der Waals surface area contributed by atoms with Crippen LogP contribution in [0.25, 0.3) is 0 Å². The van der Waals surface area contributed by atoms with Crippen molar-refractivity contribution in [1.29, 1.82) is 0 Å². The van der Waals surface area contributed by atoms with Gasteiger partial charge in [-0.3, -0.25) is 4.90 Å². The van der Waals surface area contributed by atoms with Gasteiger partial charge in [0.05, 0.1) is 18.3 Å². The fraction of sp³-hybridized carbons (Fsp3) is 0.556. The first-order chi connectivity index (χ1) is 12.1. The van der Waals surface area contributed by atoms with E-state index in [4.69, 9.17) is 4.52 Å². The minimum atomic E-state index is -0.180. The lowest BCUT2D eigenvalue weighted by molar-refractivity contribution is 0.138. The molecule has 2 N–H and O–H groups in total. The van der Waals surface area contributed by atoms with Gasteiger partial charge in [-0.2, -0.15) is 0 Å². The first kappa shape index (κ1) is 17.9. The number of aromatic nitrogens is 1. The number of piperidine rings is 1. The molecule has 0 bridgehead atoms. The Morgan fingerprint density at radius 1 is 1.44 bits per heavy atom. The fourth-order valence-electron chi connectivity index (χ4n) is 3.15. The predicted octanol–water partition coefficient (Wildman–Crippen LogP) is 3.32. The highest BCUT2D eigenvalue weighted by atomic mass is 32.1. The van der Waals surface area contributed by atoms with Crippen LogP contribution >= 0.6 is 11.3 Å². The molecule has 1 saturated heterocycles. The van der Waals surface area contributed by atoms with Gasteiger partial charge in [-0.15, -0.1) is 11.3 Å². The Morgan fingerprint density at radius 2 is 2.24 bits per heavy atom. The van der Waals surface area contributed by atoms with E-state index in [1.807, 2.05) is 13.0 Å². The highest BCUT2D eigenvalue weighted by Gasteiger charge is 2.25. The van der Waals surface area contributed by atoms with Gasteiger partial charge in [-0.1, -0.05) is 18.1 Å². The molecule has 0 aromatic carbocycles. The Bertz CT molecular complexity index is 662. The Hall–Kier alpha value is -1.86. The summed E-state index contributed by atoms with van der Waals surface area (Å²) >= 11 is 1.75. The zero-order valence-electron chi connectivity index (χ0n) is 14.8. The van der Waals surface area contributed by atoms with Gasteiger partial charge < -0.3 is 15.2 Å². The minimum absolute atomic E-state index is 0.180. The van der Waals surface area contributed by atoms with Gasteiger partial charge in [-0.25, -0.2) is 4.79 Å². The van der Waals surface area contributed by atoms with Crippen LogP contribution < -0.4 is 10.6 Å². The van der Waals surface area contributed by atoms with Crippen molar-refractivity contribution in [3.05, 3.63) is 39.9 Å². The van der Waals surface area contributed by atoms with Crippen LogP contribution in [0.2, 0.25) is 0 Å². The molecule has 0 radical (unpaired) electrons. The van der Waals surface area contributed by atoms with Crippen molar-refractivity contribution in [1.82, 2.24) is 20.7 Å². The molecule has 1 aliphatic rings. The standard InChI is InChI=1S/C18H26N4O2S/c1-13-5-7-22(8-6-13)16(17-4-3-9-25-17)12-20-18(23)19-11-15-10-14(2)21-24-15/h3-4,9-10,13,16H,5-8,11-12H2,1-2H3,(H2,19,20,23). The number of carbonyl (C=O) groups excluding carboxylic acids is 1. The molecule has 1 aliphatic heterocycles. The SMILES string of the molecule is Cc1cc(CNC(=O)NCC(c2cccs2)N2CCC(C)CC2)on1. The zero-order chi connectivity index (χ0) is 17.6. The summed E-state index contributed by atoms with van der Waals surface area (Å²) in [5.41, 5.74) is 0.814. The Morgan fingerprint density at radius 3 is 2.88 bits per heavy atom. The van der Waals surface area contributed by atoms with E-state index in [0.717, 1.165) is 24.7 Å². The lowest BCUT2D eigenvalue weighted by Gasteiger charge is -2.36. The van der Waals surface area contributed by atoms with Crippen molar-refractivity contribution >= 4 is 17.4 Å². The van der Waals surface area contributed by atoms with Crippen LogP contribution in [0.15, 0.2) is 28.1 Å². The number of nitrogens with one attached hydrogen (secondary N) is 2. The van der Waals surface area contributed by atoms with Gasteiger partial charge in [0.2, 0.25) is 0 Å². The third-order valence-electron chi connectivity index (χ3n) is 4.69. The summed E-state index contributed by atoms with van der Waals surface area (Å²) < 4.78 is 5.11. The largest absolute Gasteiger partial charge is 0.359 e. The van der Waals surface area contributed by atoms with Crippen LogP contribution in [0.5, 0.6) is 0 Å². The summed E-state index contributed by atoms with van der Waals surface area (Å²) in [5, 5.41) is 11.7. The summed E-state index contributed by atoms with van der Waals surface area (Å²) in [7, 11) is 0. The molecule has 2 aromatic rings. The first-order valence-electron chi connectivity index (χ1n) is 8.83. The molecule has 0 spiro atoms. The molecule has 0 saturated carbocycles. The average molecular weight is 362 g/mol. The quantitative estimate of drug-likeness (QED) is 0.827. The lowest BCUT2D eigenvalue weighted by Crippen LogP contribution is -2.44. The van der Waals surface area contributed by atoms with Gasteiger partial charge >= 0.3 is 6.03 Å². The molecular weight excluding hydrogens is 336 g/mol. The first-order valence-corrected chi connectivity index (χ1v) is 9.71. The van der Waals surface area contributed by atoms with Gasteiger partial charge in [0.25, 0.3) is 0 Å². The van der Waals surface area contributed by atoms with Gasteiger partial charge in [0, 0.05) is 17.5 Å². The van der Waals surface area contributed by atoms with Crippen LogP contribution in [0.3, 0.4) is 0 Å². The molecule has 136 valence electrons. The Kier molecular flexibility index (Phi) is 6.09. The normalized spacial score (nSPS) is 17.4. The second kappa shape index (κ2) is 8.49. The van der Waals surface area contributed by atoms with Crippen LogP contribution in [0.1, 0.15) is 42.1 Å². The van der Waals surface area contributed by atoms with Crippen LogP contribution in [0.4, 0.5) is 4.79 Å². The molecule has 3 rings (SSSR count). The van der Waals surface area contributed by atoms with Crippen molar-refractivity contribution in [2.24, 2.45) is 5.92 Å². The molecule has 25 heavy (non-hydrogen) atoms. The van der Waals surface area contributed by atoms with Gasteiger partial charge in [0.15, 0.2) is 5.76 Å². The van der Waals surface area contributed by atoms with Crippen molar-refractivity contribution in [3.8, 4) is 0 Å². The summed E-state index contributed by atoms with van der Waals surface area (Å²) in [4.78, 5) is 15.9. The second-order valence-corrected chi connectivity index (χ2v) is 7.73. The number of urea groups is 1. The third-order valence-corrected chi connectivity index (χ3v) is 5.66. The molecule has 7 heteroatoms. The molecule has 2 aromatic heterocycles. The van der Waals surface area contributed by atoms with E-state index in [0.29, 0.717) is 18.8 Å². The van der Waals surface area contributed by atoms with E-state index < -0.39 is 0 Å². The molecule has 2 amide bonds. The van der Waals surface area contributed by atoms with E-state index in [1.165, 1.54) is 17.7 Å². The molecule has 1 unspecified atom stereocenters. The number of thiophene rings is 1. The van der Waals surface area contributed by atoms with E-state index in [2.05, 4.69) is 45.1 Å². The van der Waals surface area contributed by atoms with Crippen molar-refractivity contribution in [2.45, 2.75) is 39.3 Å². The van der Waals surface area contributed by atoms with E-state index in [-0.39, 0.29) is 12.1 Å². The molecule has 3 heterocycles. The van der Waals surface area contributed by atoms with Crippen molar-refractivity contribution in [3.63, 3.8) is 0 Å². The maximum absolute atomic E-state index is 12.1. The number of aryl methyl sites for hydroxylation is 1. The van der Waals surface area contributed by atoms with Crippen molar-refractivity contribution < 1.29 is 9.32 Å². The molecule has 1 fully saturated rings. The molecule has 1 atom stereocenters. The van der Waals surface area contributed by atoms with Crippen molar-refractivity contribution in [2.75, 3.05) is 19.6 Å². The van der Waals surface area contributed by atoms with Gasteiger partial charge in [-0.05, 0) is 50.2 Å². The Balaban J connectivity index is 1.52. The highest BCUT2D eigenvalue weighted by Crippen LogP contribution is 2.28. The molecule has 0 aliphatic carbocycles. The van der Waals surface area contributed by atoms with Crippen LogP contribution in [-0.4, -0.2) is 35.7 Å². The van der Waals surface area contributed by atoms with E-state index in [9.17, 15) is 4.79 Å². The zero-order valence-corrected chi connectivity index (χ0v) is 15.6. The molecule has 6 nitrogen and oxygen atoms in total. The summed E-state index contributed by atoms with van der Waals surface area (Å²) in [6.07, 6.45) is 2.44. The number of amides is 2. The van der Waals surface area contributed by atoms with Crippen LogP contribution in [0, 0.1) is 12.8 Å². The third kappa shape index (κ3) is 5.06. The van der Waals surface area contributed by atoms with Crippen LogP contribution in [-0.2, 0) is 6.54 Å². The van der Waals surface area contributed by atoms with Gasteiger partial charge in [0.1, 0.15) is 0 Å². The maximum Gasteiger partial charge on any atom is 0.315 e. The maximum atomic E-state index is 12.1. The smallest absolute Gasteiger partial charge is 0.315 e. The van der Waals surface area contributed by atoms with E-state index in [1.54, 1.807) is 11.3 Å². The lowest BCUT2D eigenvalue weighted by atomic mass is 9.97. The summed E-state index contributed by atoms with van der Waals surface area (Å²) in [6.45, 7) is 7.30. The van der Waals surface area contributed by atoms with E-state index >= 15 is 0 Å².